The third-order valence-electron chi connectivity index (χ3n) is 2.82. The van der Waals surface area contributed by atoms with E-state index in [0.717, 1.165) is 0 Å². The van der Waals surface area contributed by atoms with Crippen LogP contribution in [0.15, 0.2) is 0 Å². The number of hydrogen-bond donors (Lipinski definition) is 3. The van der Waals surface area contributed by atoms with Crippen molar-refractivity contribution in [2.24, 2.45) is 5.73 Å². The molecule has 0 aromatic heterocycles. The number of halogens is 1. The first-order valence-corrected chi connectivity index (χ1v) is 5.66. The maximum atomic E-state index is 11.7. The predicted octanol–water partition coefficient (Wildman–Crippen LogP) is -1.09. The molecule has 18 heavy (non-hydrogen) atoms. The highest BCUT2D eigenvalue weighted by Gasteiger charge is 2.27. The van der Waals surface area contributed by atoms with Crippen molar-refractivity contribution in [2.75, 3.05) is 33.3 Å². The van der Waals surface area contributed by atoms with E-state index in [4.69, 9.17) is 10.5 Å². The minimum atomic E-state index is -0.495. The lowest BCUT2D eigenvalue weighted by Crippen LogP contribution is -2.55. The Morgan fingerprint density at radius 2 is 2.22 bits per heavy atom. The predicted molar refractivity (Wildman–Crippen MR) is 69.7 cm³/mol. The SMILES string of the molecule is CNC(=O)NC(=O)C(C)N1CCOC(CN)C1.Cl. The summed E-state index contributed by atoms with van der Waals surface area (Å²) in [6, 6.07) is -0.865. The number of morpholine rings is 1. The topological polar surface area (TPSA) is 96.7 Å². The fourth-order valence-electron chi connectivity index (χ4n) is 1.68. The van der Waals surface area contributed by atoms with Crippen LogP contribution in [-0.4, -0.2) is 62.3 Å². The largest absolute Gasteiger partial charge is 0.374 e. The molecule has 1 aliphatic heterocycles. The van der Waals surface area contributed by atoms with Crippen LogP contribution in [0.2, 0.25) is 0 Å². The number of nitrogens with one attached hydrogen (secondary N) is 2. The Morgan fingerprint density at radius 1 is 1.56 bits per heavy atom. The molecule has 0 radical (unpaired) electrons. The van der Waals surface area contributed by atoms with Gasteiger partial charge in [0.15, 0.2) is 0 Å². The molecule has 1 rings (SSSR count). The first-order valence-electron chi connectivity index (χ1n) is 5.66. The van der Waals surface area contributed by atoms with Crippen molar-refractivity contribution in [2.45, 2.75) is 19.1 Å². The van der Waals surface area contributed by atoms with Gasteiger partial charge >= 0.3 is 6.03 Å². The lowest BCUT2D eigenvalue weighted by Gasteiger charge is -2.35. The first kappa shape index (κ1) is 17.1. The van der Waals surface area contributed by atoms with E-state index in [1.165, 1.54) is 7.05 Å². The van der Waals surface area contributed by atoms with E-state index < -0.39 is 6.03 Å². The highest BCUT2D eigenvalue weighted by molar-refractivity contribution is 5.96. The van der Waals surface area contributed by atoms with Gasteiger partial charge in [-0.3, -0.25) is 15.0 Å². The van der Waals surface area contributed by atoms with Gasteiger partial charge in [0.25, 0.3) is 0 Å². The summed E-state index contributed by atoms with van der Waals surface area (Å²) in [5.41, 5.74) is 5.53. The third kappa shape index (κ3) is 4.77. The maximum Gasteiger partial charge on any atom is 0.321 e. The van der Waals surface area contributed by atoms with E-state index in [1.54, 1.807) is 6.92 Å². The number of carbonyl (C=O) groups is 2. The van der Waals surface area contributed by atoms with Gasteiger partial charge in [0.1, 0.15) is 0 Å². The summed E-state index contributed by atoms with van der Waals surface area (Å²) in [5, 5.41) is 4.60. The molecule has 1 saturated heterocycles. The van der Waals surface area contributed by atoms with Gasteiger partial charge in [-0.15, -0.1) is 12.4 Å². The van der Waals surface area contributed by atoms with Crippen molar-refractivity contribution in [3.63, 3.8) is 0 Å². The van der Waals surface area contributed by atoms with Crippen molar-refractivity contribution in [3.05, 3.63) is 0 Å². The quantitative estimate of drug-likeness (QED) is 0.611. The second kappa shape index (κ2) is 8.25. The van der Waals surface area contributed by atoms with E-state index in [-0.39, 0.29) is 30.5 Å². The van der Waals surface area contributed by atoms with Gasteiger partial charge in [0.2, 0.25) is 5.91 Å². The summed E-state index contributed by atoms with van der Waals surface area (Å²) in [5.74, 6) is -0.318. The molecule has 7 nitrogen and oxygen atoms in total. The van der Waals surface area contributed by atoms with E-state index in [9.17, 15) is 9.59 Å². The van der Waals surface area contributed by atoms with Crippen LogP contribution >= 0.6 is 12.4 Å². The summed E-state index contributed by atoms with van der Waals surface area (Å²) < 4.78 is 5.41. The van der Waals surface area contributed by atoms with Crippen molar-refractivity contribution in [1.29, 1.82) is 0 Å². The number of hydrogen-bond acceptors (Lipinski definition) is 5. The Bertz CT molecular complexity index is 290. The lowest BCUT2D eigenvalue weighted by molar-refractivity contribution is -0.127. The van der Waals surface area contributed by atoms with Crippen LogP contribution in [0.1, 0.15) is 6.92 Å². The van der Waals surface area contributed by atoms with Gasteiger partial charge < -0.3 is 15.8 Å². The molecule has 1 fully saturated rings. The zero-order chi connectivity index (χ0) is 12.8. The van der Waals surface area contributed by atoms with Crippen LogP contribution in [0, 0.1) is 0 Å². The number of amides is 3. The lowest BCUT2D eigenvalue weighted by atomic mass is 10.2. The minimum absolute atomic E-state index is 0. The molecular weight excluding hydrogens is 260 g/mol. The van der Waals surface area contributed by atoms with Gasteiger partial charge in [-0.25, -0.2) is 4.79 Å². The van der Waals surface area contributed by atoms with Gasteiger partial charge in [0.05, 0.1) is 18.8 Å². The molecule has 0 bridgehead atoms. The first-order chi connectivity index (χ1) is 8.08. The monoisotopic (exact) mass is 280 g/mol. The molecule has 3 amide bonds. The number of ether oxygens (including phenoxy) is 1. The number of carbonyl (C=O) groups excluding carboxylic acids is 2. The molecule has 2 atom stereocenters. The van der Waals surface area contributed by atoms with Gasteiger partial charge in [-0.2, -0.15) is 0 Å². The summed E-state index contributed by atoms with van der Waals surface area (Å²) in [7, 11) is 1.46. The summed E-state index contributed by atoms with van der Waals surface area (Å²) in [6.07, 6.45) is -0.0426. The van der Waals surface area contributed by atoms with Crippen LogP contribution in [0.5, 0.6) is 0 Å². The Morgan fingerprint density at radius 3 is 2.78 bits per heavy atom. The van der Waals surface area contributed by atoms with Crippen LogP contribution in [0.25, 0.3) is 0 Å². The standard InChI is InChI=1S/C10H20N4O3.ClH/c1-7(9(15)13-10(16)12-2)14-3-4-17-8(5-11)6-14;/h7-8H,3-6,11H2,1-2H3,(H2,12,13,15,16);1H. The molecule has 8 heteroatoms. The highest BCUT2D eigenvalue weighted by Crippen LogP contribution is 2.08. The molecule has 0 aliphatic carbocycles. The van der Waals surface area contributed by atoms with E-state index in [1.807, 2.05) is 4.90 Å². The van der Waals surface area contributed by atoms with E-state index in [0.29, 0.717) is 26.2 Å². The number of urea groups is 1. The Balaban J connectivity index is 0.00000289. The zero-order valence-electron chi connectivity index (χ0n) is 10.6. The molecule has 2 unspecified atom stereocenters. The van der Waals surface area contributed by atoms with Crippen LogP contribution in [-0.2, 0) is 9.53 Å². The average molecular weight is 281 g/mol. The zero-order valence-corrected chi connectivity index (χ0v) is 11.5. The van der Waals surface area contributed by atoms with Crippen LogP contribution in [0.4, 0.5) is 4.79 Å². The fourth-order valence-corrected chi connectivity index (χ4v) is 1.68. The second-order valence-corrected chi connectivity index (χ2v) is 3.97. The van der Waals surface area contributed by atoms with Crippen LogP contribution in [0.3, 0.4) is 0 Å². The molecule has 4 N–H and O–H groups in total. The Labute approximate surface area is 113 Å². The molecule has 0 aromatic carbocycles. The normalized spacial score (nSPS) is 21.6. The molecule has 106 valence electrons. The second-order valence-electron chi connectivity index (χ2n) is 3.97. The minimum Gasteiger partial charge on any atom is -0.374 e. The van der Waals surface area contributed by atoms with E-state index in [2.05, 4.69) is 10.6 Å². The number of nitrogens with zero attached hydrogens (tertiary/aromatic N) is 1. The highest BCUT2D eigenvalue weighted by atomic mass is 35.5. The Kier molecular flexibility index (Phi) is 7.85. The summed E-state index contributed by atoms with van der Waals surface area (Å²) in [6.45, 7) is 4.02. The Hall–Kier alpha value is -0.890. The summed E-state index contributed by atoms with van der Waals surface area (Å²) in [4.78, 5) is 24.7. The van der Waals surface area contributed by atoms with Crippen molar-refractivity contribution in [3.8, 4) is 0 Å². The molecule has 1 heterocycles. The molecule has 0 saturated carbocycles. The van der Waals surface area contributed by atoms with Gasteiger partial charge in [0, 0.05) is 26.7 Å². The van der Waals surface area contributed by atoms with Crippen molar-refractivity contribution >= 4 is 24.3 Å². The van der Waals surface area contributed by atoms with Crippen LogP contribution < -0.4 is 16.4 Å². The summed E-state index contributed by atoms with van der Waals surface area (Å²) >= 11 is 0. The smallest absolute Gasteiger partial charge is 0.321 e. The van der Waals surface area contributed by atoms with Crippen molar-refractivity contribution in [1.82, 2.24) is 15.5 Å². The molecule has 0 aromatic rings. The molecule has 1 aliphatic rings. The van der Waals surface area contributed by atoms with Crippen molar-refractivity contribution < 1.29 is 14.3 Å². The average Bonchev–Trinajstić information content (AvgIpc) is 2.37. The van der Waals surface area contributed by atoms with E-state index >= 15 is 0 Å². The third-order valence-corrected chi connectivity index (χ3v) is 2.82. The number of rotatable bonds is 3. The van der Waals surface area contributed by atoms with Gasteiger partial charge in [-0.05, 0) is 6.92 Å². The number of nitrogens with two attached hydrogens (primary N) is 1. The molecule has 0 spiro atoms. The molecular formula is C10H21ClN4O3. The van der Waals surface area contributed by atoms with Gasteiger partial charge in [-0.1, -0.05) is 0 Å². The number of imide groups is 1. The fraction of sp³-hybridized carbons (Fsp3) is 0.800. The maximum absolute atomic E-state index is 11.7.